The zero-order valence-corrected chi connectivity index (χ0v) is 28.1. The summed E-state index contributed by atoms with van der Waals surface area (Å²) in [6.07, 6.45) is 0.868. The van der Waals surface area contributed by atoms with Crippen LogP contribution in [0.1, 0.15) is 65.9 Å². The van der Waals surface area contributed by atoms with Crippen LogP contribution in [0.15, 0.2) is 35.3 Å². The van der Waals surface area contributed by atoms with E-state index in [0.29, 0.717) is 19.3 Å². The first-order chi connectivity index (χ1) is 22.1. The molecule has 12 N–H and O–H groups in total. The number of nitrogens with one attached hydrogen (secondary N) is 5. The Morgan fingerprint density at radius 3 is 2.13 bits per heavy atom. The van der Waals surface area contributed by atoms with Crippen molar-refractivity contribution in [2.24, 2.45) is 34.0 Å². The fourth-order valence-electron chi connectivity index (χ4n) is 4.48. The molecule has 1 radical (unpaired) electrons. The minimum atomic E-state index is -1.04. The van der Waals surface area contributed by atoms with Gasteiger partial charge in [0, 0.05) is 13.1 Å². The van der Waals surface area contributed by atoms with E-state index in [-0.39, 0.29) is 43.7 Å². The van der Waals surface area contributed by atoms with Gasteiger partial charge in [-0.1, -0.05) is 64.4 Å². The van der Waals surface area contributed by atoms with Crippen molar-refractivity contribution in [2.75, 3.05) is 13.1 Å². The quantitative estimate of drug-likeness (QED) is 0.0441. The summed E-state index contributed by atoms with van der Waals surface area (Å²) in [5, 5.41) is 22.5. The number of nitrogens with zero attached hydrogens (tertiary/aromatic N) is 1. The van der Waals surface area contributed by atoms with Crippen molar-refractivity contribution in [3.63, 3.8) is 0 Å². The molecule has 15 heteroatoms. The highest BCUT2D eigenvalue weighted by Crippen LogP contribution is 2.12. The minimum absolute atomic E-state index is 0.0208. The van der Waals surface area contributed by atoms with Gasteiger partial charge < -0.3 is 48.9 Å². The van der Waals surface area contributed by atoms with Crippen LogP contribution in [0.5, 0.6) is 0 Å². The minimum Gasteiger partial charge on any atom is -0.392 e. The van der Waals surface area contributed by atoms with Crippen LogP contribution in [0.25, 0.3) is 0 Å². The predicted molar refractivity (Wildman–Crippen MR) is 180 cm³/mol. The Hall–Kier alpha value is -4.24. The second-order valence-electron chi connectivity index (χ2n) is 12.1. The van der Waals surface area contributed by atoms with Gasteiger partial charge in [0.25, 0.3) is 0 Å². The van der Waals surface area contributed by atoms with E-state index in [1.165, 1.54) is 6.92 Å². The molecule has 0 bridgehead atoms. The average molecular weight is 661 g/mol. The van der Waals surface area contributed by atoms with Crippen LogP contribution < -0.4 is 43.8 Å². The van der Waals surface area contributed by atoms with Gasteiger partial charge in [0.05, 0.1) is 12.1 Å². The number of aliphatic imine (C=N–C) groups is 1. The van der Waals surface area contributed by atoms with E-state index in [9.17, 15) is 29.1 Å². The van der Waals surface area contributed by atoms with Crippen molar-refractivity contribution in [1.29, 1.82) is 0 Å². The molecule has 263 valence electrons. The maximum Gasteiger partial charge on any atom is 0.245 e. The number of hydrogen-bond donors (Lipinski definition) is 9. The summed E-state index contributed by atoms with van der Waals surface area (Å²) >= 11 is 0. The molecule has 5 amide bonds. The maximum atomic E-state index is 13.4. The number of aliphatic hydroxyl groups is 1. The summed E-state index contributed by atoms with van der Waals surface area (Å²) < 4.78 is 0. The number of carbonyl (C=O) groups excluding carboxylic acids is 5. The number of hydrogen-bond acceptors (Lipinski definition) is 8. The topological polar surface area (TPSA) is 256 Å². The molecule has 0 heterocycles. The van der Waals surface area contributed by atoms with Gasteiger partial charge in [-0.3, -0.25) is 29.0 Å². The number of guanidine groups is 1. The molecule has 0 aromatic heterocycles. The van der Waals surface area contributed by atoms with Crippen LogP contribution in [-0.4, -0.2) is 84.0 Å². The molecule has 0 saturated heterocycles. The molecule has 1 aromatic rings. The van der Waals surface area contributed by atoms with E-state index in [1.807, 2.05) is 51.1 Å². The van der Waals surface area contributed by atoms with Crippen LogP contribution in [-0.2, 0) is 30.4 Å². The van der Waals surface area contributed by atoms with Crippen LogP contribution in [0.4, 0.5) is 0 Å². The Bertz CT molecular complexity index is 1170. The number of rotatable bonds is 21. The molecule has 0 saturated carbocycles. The van der Waals surface area contributed by atoms with E-state index in [1.54, 1.807) is 6.92 Å². The van der Waals surface area contributed by atoms with E-state index < -0.39 is 59.8 Å². The molecule has 1 rings (SSSR count). The highest BCUT2D eigenvalue weighted by atomic mass is 16.3. The molecular formula is C32H54N9O6. The van der Waals surface area contributed by atoms with Crippen molar-refractivity contribution in [1.82, 2.24) is 26.6 Å². The Morgan fingerprint density at radius 2 is 1.55 bits per heavy atom. The summed E-state index contributed by atoms with van der Waals surface area (Å²) in [6, 6.07) is 5.42. The summed E-state index contributed by atoms with van der Waals surface area (Å²) in [5.41, 5.74) is 17.7. The first kappa shape index (κ1) is 40.8. The number of benzene rings is 1. The molecule has 0 aliphatic heterocycles. The molecule has 0 aliphatic carbocycles. The largest absolute Gasteiger partial charge is 0.392 e. The van der Waals surface area contributed by atoms with Gasteiger partial charge in [-0.2, -0.15) is 0 Å². The van der Waals surface area contributed by atoms with Gasteiger partial charge in [0.1, 0.15) is 24.7 Å². The lowest BCUT2D eigenvalue weighted by atomic mass is 9.96. The fraction of sp³-hybridized carbons (Fsp3) is 0.594. The average Bonchev–Trinajstić information content (AvgIpc) is 3.01. The standard InChI is InChI=1S/C32H54N9O6/c1-6-20(4)27(41-30(46)25(15-19(2)3)40-28(44)23(33)16-22-11-8-7-9-12-22)31(47)38-18-26(43)39-24(13-10-14-36-32(34)35)29(45)37-17-21(5)42/h7-9,11-12,18-21,23-25,27,42H,6,10,13-17,33H2,1-5H3,(H,37,45)(H,38,47)(H,39,43)(H,40,44)(H,41,46)(H4,34,35,36). The van der Waals surface area contributed by atoms with Crippen molar-refractivity contribution < 1.29 is 29.1 Å². The smallest absolute Gasteiger partial charge is 0.245 e. The van der Waals surface area contributed by atoms with E-state index in [0.717, 1.165) is 12.1 Å². The second kappa shape index (κ2) is 21.5. The zero-order chi connectivity index (χ0) is 35.5. The monoisotopic (exact) mass is 660 g/mol. The Balaban J connectivity index is 2.91. The van der Waals surface area contributed by atoms with Gasteiger partial charge in [0.15, 0.2) is 5.96 Å². The highest BCUT2D eigenvalue weighted by molar-refractivity contribution is 5.97. The first-order valence-corrected chi connectivity index (χ1v) is 16.0. The fourth-order valence-corrected chi connectivity index (χ4v) is 4.48. The predicted octanol–water partition coefficient (Wildman–Crippen LogP) is -1.07. The molecule has 0 aliphatic rings. The Kier molecular flexibility index (Phi) is 18.7. The van der Waals surface area contributed by atoms with Crippen LogP contribution >= 0.6 is 0 Å². The van der Waals surface area contributed by atoms with Crippen LogP contribution in [0.3, 0.4) is 0 Å². The van der Waals surface area contributed by atoms with Crippen molar-refractivity contribution in [3.8, 4) is 0 Å². The second-order valence-corrected chi connectivity index (χ2v) is 12.1. The Labute approximate surface area is 277 Å². The molecule has 6 atom stereocenters. The van der Waals surface area contributed by atoms with Crippen molar-refractivity contribution in [3.05, 3.63) is 42.4 Å². The summed E-state index contributed by atoms with van der Waals surface area (Å²) in [7, 11) is 0. The SMILES string of the molecule is CCC(C)C(NC(=O)C(CC(C)C)NC(=O)C(N)Cc1ccccc1)C(=O)N[CH]C(=O)NC(CCCN=C(N)N)C(=O)NCC(C)O. The van der Waals surface area contributed by atoms with E-state index in [2.05, 4.69) is 31.6 Å². The number of amides is 5. The van der Waals surface area contributed by atoms with Crippen LogP contribution in [0.2, 0.25) is 0 Å². The molecule has 0 fully saturated rings. The summed E-state index contributed by atoms with van der Waals surface area (Å²) in [6.45, 7) is 10.0. The van der Waals surface area contributed by atoms with Crippen molar-refractivity contribution in [2.45, 2.75) is 97.0 Å². The van der Waals surface area contributed by atoms with Crippen molar-refractivity contribution >= 4 is 35.5 Å². The number of carbonyl (C=O) groups is 5. The zero-order valence-electron chi connectivity index (χ0n) is 28.1. The third-order valence-corrected chi connectivity index (χ3v) is 7.26. The lowest BCUT2D eigenvalue weighted by molar-refractivity contribution is -0.133. The molecule has 6 unspecified atom stereocenters. The van der Waals surface area contributed by atoms with E-state index >= 15 is 0 Å². The maximum absolute atomic E-state index is 13.4. The normalized spacial score (nSPS) is 14.8. The Morgan fingerprint density at radius 1 is 0.894 bits per heavy atom. The molecular weight excluding hydrogens is 606 g/mol. The molecule has 0 spiro atoms. The third-order valence-electron chi connectivity index (χ3n) is 7.26. The van der Waals surface area contributed by atoms with Gasteiger partial charge in [-0.05, 0) is 50.0 Å². The van der Waals surface area contributed by atoms with Crippen LogP contribution in [0, 0.1) is 18.4 Å². The lowest BCUT2D eigenvalue weighted by Crippen LogP contribution is -2.58. The molecule has 1 aromatic carbocycles. The van der Waals surface area contributed by atoms with Gasteiger partial charge in [0.2, 0.25) is 29.5 Å². The third kappa shape index (κ3) is 16.8. The summed E-state index contributed by atoms with van der Waals surface area (Å²) in [5.74, 6) is -3.39. The van der Waals surface area contributed by atoms with Gasteiger partial charge in [-0.15, -0.1) is 0 Å². The number of aliphatic hydroxyl groups excluding tert-OH is 1. The van der Waals surface area contributed by atoms with E-state index in [4.69, 9.17) is 17.2 Å². The highest BCUT2D eigenvalue weighted by Gasteiger charge is 2.31. The summed E-state index contributed by atoms with van der Waals surface area (Å²) in [4.78, 5) is 68.9. The van der Waals surface area contributed by atoms with Gasteiger partial charge in [-0.25, -0.2) is 0 Å². The lowest BCUT2D eigenvalue weighted by Gasteiger charge is -2.27. The molecule has 15 nitrogen and oxygen atoms in total. The van der Waals surface area contributed by atoms with Gasteiger partial charge >= 0.3 is 0 Å². The molecule has 47 heavy (non-hydrogen) atoms. The number of nitrogens with two attached hydrogens (primary N) is 3. The first-order valence-electron chi connectivity index (χ1n) is 16.0.